The van der Waals surface area contributed by atoms with Crippen LogP contribution >= 0.6 is 0 Å². The molecule has 1 saturated carbocycles. The number of hydrogen-bond donors (Lipinski definition) is 0. The van der Waals surface area contributed by atoms with Gasteiger partial charge in [-0.15, -0.1) is 0 Å². The highest BCUT2D eigenvalue weighted by molar-refractivity contribution is 4.80. The zero-order valence-electron chi connectivity index (χ0n) is 9.83. The van der Waals surface area contributed by atoms with Gasteiger partial charge in [0.1, 0.15) is 0 Å². The van der Waals surface area contributed by atoms with E-state index in [4.69, 9.17) is 0 Å². The van der Waals surface area contributed by atoms with Gasteiger partial charge >= 0.3 is 0 Å². The average Bonchev–Trinajstić information content (AvgIpc) is 2.31. The zero-order valence-corrected chi connectivity index (χ0v) is 9.83. The molecule has 0 aromatic heterocycles. The Balaban J connectivity index is 1.69. The van der Waals surface area contributed by atoms with E-state index in [9.17, 15) is 0 Å². The van der Waals surface area contributed by atoms with E-state index in [2.05, 4.69) is 16.4 Å². The van der Waals surface area contributed by atoms with Gasteiger partial charge in [0.2, 0.25) is 0 Å². The lowest BCUT2D eigenvalue weighted by Gasteiger charge is -2.36. The molecule has 2 aliphatic rings. The molecule has 0 N–H and O–H groups in total. The van der Waals surface area contributed by atoms with Crippen molar-refractivity contribution >= 4 is 0 Å². The quantitative estimate of drug-likeness (QED) is 0.702. The van der Waals surface area contributed by atoms with E-state index in [1.165, 1.54) is 64.8 Å². The number of rotatable bonds is 3. The Hall–Kier alpha value is -0.500. The smallest absolute Gasteiger partial charge is 0.0300 e. The van der Waals surface area contributed by atoms with Gasteiger partial charge in [0.25, 0.3) is 0 Å². The second kappa shape index (κ2) is 5.55. The van der Waals surface area contributed by atoms with Gasteiger partial charge in [0.05, 0.1) is 0 Å². The van der Waals surface area contributed by atoms with Crippen molar-refractivity contribution in [3.8, 4) is 0 Å². The summed E-state index contributed by atoms with van der Waals surface area (Å²) in [4.78, 5) is 4.98. The van der Waals surface area contributed by atoms with Gasteiger partial charge in [-0.05, 0) is 25.0 Å². The summed E-state index contributed by atoms with van der Waals surface area (Å²) >= 11 is 0. The van der Waals surface area contributed by atoms with E-state index < -0.39 is 0 Å². The number of nitrogens with zero attached hydrogens (tertiary/aromatic N) is 2. The first-order valence-electron chi connectivity index (χ1n) is 6.47. The van der Waals surface area contributed by atoms with Gasteiger partial charge in [0.15, 0.2) is 0 Å². The maximum atomic E-state index is 3.83. The average molecular weight is 208 g/mol. The maximum Gasteiger partial charge on any atom is 0.0300 e. The predicted molar refractivity (Wildman–Crippen MR) is 64.8 cm³/mol. The minimum absolute atomic E-state index is 0.994. The third-order valence-corrected chi connectivity index (χ3v) is 3.91. The summed E-state index contributed by atoms with van der Waals surface area (Å²) in [6.07, 6.45) is 9.34. The van der Waals surface area contributed by atoms with Crippen LogP contribution in [0.1, 0.15) is 32.1 Å². The Bertz CT molecular complexity index is 189. The van der Waals surface area contributed by atoms with Crippen LogP contribution in [-0.2, 0) is 0 Å². The molecule has 2 heteroatoms. The largest absolute Gasteiger partial charge is 0.375 e. The fraction of sp³-hybridized carbons (Fsp3) is 0.846. The van der Waals surface area contributed by atoms with E-state index in [0.717, 1.165) is 5.92 Å². The summed E-state index contributed by atoms with van der Waals surface area (Å²) < 4.78 is 0. The molecule has 15 heavy (non-hydrogen) atoms. The molecule has 2 fully saturated rings. The van der Waals surface area contributed by atoms with Crippen molar-refractivity contribution in [2.45, 2.75) is 32.1 Å². The van der Waals surface area contributed by atoms with Gasteiger partial charge in [-0.2, -0.15) is 0 Å². The molecule has 0 bridgehead atoms. The van der Waals surface area contributed by atoms with E-state index in [1.54, 1.807) is 0 Å². The number of piperazine rings is 1. The number of hydrogen-bond acceptors (Lipinski definition) is 2. The SMILES string of the molecule is C=CN1CCN(CC2CCCCC2)CC1. The van der Waals surface area contributed by atoms with Crippen LogP contribution in [-0.4, -0.2) is 42.5 Å². The van der Waals surface area contributed by atoms with Crippen LogP contribution in [0.25, 0.3) is 0 Å². The molecular formula is C13H24N2. The lowest BCUT2D eigenvalue weighted by Crippen LogP contribution is -2.45. The Labute approximate surface area is 93.9 Å². The minimum Gasteiger partial charge on any atom is -0.375 e. The lowest BCUT2D eigenvalue weighted by molar-refractivity contribution is 0.136. The highest BCUT2D eigenvalue weighted by atomic mass is 15.2. The third kappa shape index (κ3) is 3.23. The molecule has 2 rings (SSSR count). The molecule has 0 spiro atoms. The van der Waals surface area contributed by atoms with Gasteiger partial charge in [-0.25, -0.2) is 0 Å². The summed E-state index contributed by atoms with van der Waals surface area (Å²) in [5, 5.41) is 0. The van der Waals surface area contributed by atoms with Crippen LogP contribution < -0.4 is 0 Å². The molecule has 0 unspecified atom stereocenters. The van der Waals surface area contributed by atoms with Crippen molar-refractivity contribution < 1.29 is 0 Å². The summed E-state index contributed by atoms with van der Waals surface area (Å²) in [5.74, 6) is 0.994. The second-order valence-electron chi connectivity index (χ2n) is 5.02. The van der Waals surface area contributed by atoms with Crippen molar-refractivity contribution in [3.05, 3.63) is 12.8 Å². The van der Waals surface area contributed by atoms with Crippen LogP contribution in [0.3, 0.4) is 0 Å². The van der Waals surface area contributed by atoms with E-state index in [0.29, 0.717) is 0 Å². The topological polar surface area (TPSA) is 6.48 Å². The highest BCUT2D eigenvalue weighted by Gasteiger charge is 2.19. The van der Waals surface area contributed by atoms with Crippen molar-refractivity contribution in [1.82, 2.24) is 9.80 Å². The van der Waals surface area contributed by atoms with Crippen LogP contribution in [0.4, 0.5) is 0 Å². The van der Waals surface area contributed by atoms with Gasteiger partial charge in [0, 0.05) is 32.7 Å². The fourth-order valence-electron chi connectivity index (χ4n) is 2.86. The third-order valence-electron chi connectivity index (χ3n) is 3.91. The Morgan fingerprint density at radius 1 is 1.00 bits per heavy atom. The van der Waals surface area contributed by atoms with Crippen LogP contribution in [0.5, 0.6) is 0 Å². The lowest BCUT2D eigenvalue weighted by atomic mass is 9.89. The highest BCUT2D eigenvalue weighted by Crippen LogP contribution is 2.24. The Kier molecular flexibility index (Phi) is 4.07. The molecule has 1 saturated heterocycles. The van der Waals surface area contributed by atoms with Gasteiger partial charge in [-0.1, -0.05) is 25.8 Å². The van der Waals surface area contributed by atoms with Crippen molar-refractivity contribution in [3.63, 3.8) is 0 Å². The van der Waals surface area contributed by atoms with E-state index in [1.807, 2.05) is 6.20 Å². The summed E-state index contributed by atoms with van der Waals surface area (Å²) in [6.45, 7) is 10.0. The van der Waals surface area contributed by atoms with Crippen molar-refractivity contribution in [2.24, 2.45) is 5.92 Å². The molecule has 2 nitrogen and oxygen atoms in total. The van der Waals surface area contributed by atoms with E-state index >= 15 is 0 Å². The van der Waals surface area contributed by atoms with Crippen LogP contribution in [0.2, 0.25) is 0 Å². The summed E-state index contributed by atoms with van der Waals surface area (Å²) in [7, 11) is 0. The molecular weight excluding hydrogens is 184 g/mol. The molecule has 0 aromatic rings. The second-order valence-corrected chi connectivity index (χ2v) is 5.02. The maximum absolute atomic E-state index is 3.83. The fourth-order valence-corrected chi connectivity index (χ4v) is 2.86. The van der Waals surface area contributed by atoms with Gasteiger partial charge in [-0.3, -0.25) is 4.90 Å². The minimum atomic E-state index is 0.994. The first kappa shape index (κ1) is 11.0. The first-order chi connectivity index (χ1) is 7.38. The monoisotopic (exact) mass is 208 g/mol. The van der Waals surface area contributed by atoms with Crippen LogP contribution in [0.15, 0.2) is 12.8 Å². The van der Waals surface area contributed by atoms with E-state index in [-0.39, 0.29) is 0 Å². The summed E-state index contributed by atoms with van der Waals surface area (Å²) in [6, 6.07) is 0. The molecule has 1 heterocycles. The van der Waals surface area contributed by atoms with Crippen molar-refractivity contribution in [1.29, 1.82) is 0 Å². The zero-order chi connectivity index (χ0) is 10.5. The summed E-state index contributed by atoms with van der Waals surface area (Å²) in [5.41, 5.74) is 0. The predicted octanol–water partition coefficient (Wildman–Crippen LogP) is 2.33. The molecule has 0 radical (unpaired) electrons. The Morgan fingerprint density at radius 3 is 2.27 bits per heavy atom. The standard InChI is InChI=1S/C13H24N2/c1-2-14-8-10-15(11-9-14)12-13-6-4-3-5-7-13/h2,13H,1,3-12H2. The first-order valence-corrected chi connectivity index (χ1v) is 6.47. The Morgan fingerprint density at radius 2 is 1.67 bits per heavy atom. The van der Waals surface area contributed by atoms with Gasteiger partial charge < -0.3 is 4.90 Å². The normalized spacial score (nSPS) is 25.5. The molecule has 0 atom stereocenters. The van der Waals surface area contributed by atoms with Crippen molar-refractivity contribution in [2.75, 3.05) is 32.7 Å². The molecule has 1 aliphatic carbocycles. The molecule has 86 valence electrons. The molecule has 1 aliphatic heterocycles. The molecule has 0 aromatic carbocycles. The van der Waals surface area contributed by atoms with Crippen LogP contribution in [0, 0.1) is 5.92 Å². The molecule has 0 amide bonds.